The third-order valence-corrected chi connectivity index (χ3v) is 4.30. The predicted molar refractivity (Wildman–Crippen MR) is 72.7 cm³/mol. The van der Waals surface area contributed by atoms with E-state index in [1.807, 2.05) is 5.38 Å². The van der Waals surface area contributed by atoms with Crippen LogP contribution in [0.1, 0.15) is 17.5 Å². The van der Waals surface area contributed by atoms with Gasteiger partial charge in [0.2, 0.25) is 4.96 Å². The lowest BCUT2D eigenvalue weighted by Gasteiger charge is -2.00. The summed E-state index contributed by atoms with van der Waals surface area (Å²) in [6.07, 6.45) is 3.64. The maximum atomic E-state index is 5.83. The molecule has 0 atom stereocenters. The molecule has 0 amide bonds. The Hall–Kier alpha value is -1.88. The second-order valence-corrected chi connectivity index (χ2v) is 5.46. The van der Waals surface area contributed by atoms with Crippen molar-refractivity contribution >= 4 is 22.1 Å². The van der Waals surface area contributed by atoms with Crippen molar-refractivity contribution < 1.29 is 0 Å². The molecule has 0 saturated heterocycles. The van der Waals surface area contributed by atoms with Crippen LogP contribution in [0.15, 0.2) is 23.6 Å². The number of hydrogen-bond acceptors (Lipinski definition) is 4. The molecule has 2 heterocycles. The van der Waals surface area contributed by atoms with Crippen LogP contribution in [0.4, 0.5) is 5.82 Å². The average Bonchev–Trinajstić information content (AvgIpc) is 3.05. The second-order valence-electron chi connectivity index (χ2n) is 4.63. The Morgan fingerprint density at radius 1 is 1.22 bits per heavy atom. The molecule has 90 valence electrons. The molecular formula is C13H12N4S. The summed E-state index contributed by atoms with van der Waals surface area (Å²) < 4.78 is 1.70. The van der Waals surface area contributed by atoms with Gasteiger partial charge in [-0.3, -0.25) is 0 Å². The fraction of sp³-hybridized carbons (Fsp3) is 0.231. The van der Waals surface area contributed by atoms with Crippen LogP contribution in [0.5, 0.6) is 0 Å². The van der Waals surface area contributed by atoms with Crippen LogP contribution in [-0.2, 0) is 12.8 Å². The molecule has 0 spiro atoms. The van der Waals surface area contributed by atoms with Gasteiger partial charge in [-0.15, -0.1) is 16.4 Å². The van der Waals surface area contributed by atoms with Crippen molar-refractivity contribution in [3.8, 4) is 11.4 Å². The molecule has 0 fully saturated rings. The highest BCUT2D eigenvalue weighted by atomic mass is 32.1. The highest BCUT2D eigenvalue weighted by Crippen LogP contribution is 2.27. The van der Waals surface area contributed by atoms with Crippen molar-refractivity contribution in [3.05, 3.63) is 34.7 Å². The monoisotopic (exact) mass is 256 g/mol. The Kier molecular flexibility index (Phi) is 1.99. The fourth-order valence-corrected chi connectivity index (χ4v) is 3.25. The molecule has 0 unspecified atom stereocenters. The van der Waals surface area contributed by atoms with Crippen LogP contribution in [0, 0.1) is 0 Å². The molecule has 3 aromatic rings. The largest absolute Gasteiger partial charge is 0.383 e. The van der Waals surface area contributed by atoms with E-state index >= 15 is 0 Å². The number of aromatic nitrogens is 3. The zero-order chi connectivity index (χ0) is 12.1. The van der Waals surface area contributed by atoms with Crippen molar-refractivity contribution in [3.63, 3.8) is 0 Å². The molecule has 0 bridgehead atoms. The van der Waals surface area contributed by atoms with E-state index in [0.29, 0.717) is 5.82 Å². The van der Waals surface area contributed by atoms with Gasteiger partial charge >= 0.3 is 0 Å². The Morgan fingerprint density at radius 2 is 2.11 bits per heavy atom. The van der Waals surface area contributed by atoms with Gasteiger partial charge in [-0.25, -0.2) is 0 Å². The summed E-state index contributed by atoms with van der Waals surface area (Å²) in [7, 11) is 0. The van der Waals surface area contributed by atoms with Crippen LogP contribution in [0.2, 0.25) is 0 Å². The number of thiazole rings is 1. The minimum Gasteiger partial charge on any atom is -0.383 e. The topological polar surface area (TPSA) is 56.2 Å². The number of anilines is 1. The number of hydrogen-bond donors (Lipinski definition) is 1. The molecule has 5 heteroatoms. The first kappa shape index (κ1) is 10.1. The number of rotatable bonds is 1. The average molecular weight is 256 g/mol. The normalized spacial score (nSPS) is 14.2. The summed E-state index contributed by atoms with van der Waals surface area (Å²) in [6, 6.07) is 6.54. The number of nitrogens with zero attached hydrogens (tertiary/aromatic N) is 3. The second kappa shape index (κ2) is 3.55. The van der Waals surface area contributed by atoms with E-state index in [9.17, 15) is 0 Å². The van der Waals surface area contributed by atoms with Gasteiger partial charge in [0.1, 0.15) is 5.82 Å². The Morgan fingerprint density at radius 3 is 3.00 bits per heavy atom. The van der Waals surface area contributed by atoms with Gasteiger partial charge in [0.05, 0.1) is 0 Å². The van der Waals surface area contributed by atoms with Crippen LogP contribution >= 0.6 is 11.3 Å². The van der Waals surface area contributed by atoms with Gasteiger partial charge in [0, 0.05) is 10.9 Å². The molecule has 1 aliphatic carbocycles. The van der Waals surface area contributed by atoms with E-state index in [2.05, 4.69) is 28.3 Å². The van der Waals surface area contributed by atoms with E-state index in [4.69, 9.17) is 5.73 Å². The summed E-state index contributed by atoms with van der Waals surface area (Å²) in [5.74, 6) is 1.41. The SMILES string of the molecule is Nc1csc2nc(-c3ccc4c(c3)CCC4)nn12. The number of nitrogen functional groups attached to an aromatic ring is 1. The predicted octanol–water partition coefficient (Wildman–Crippen LogP) is 2.53. The summed E-state index contributed by atoms with van der Waals surface area (Å²) in [6.45, 7) is 0. The van der Waals surface area contributed by atoms with Gasteiger partial charge in [-0.1, -0.05) is 12.1 Å². The maximum Gasteiger partial charge on any atom is 0.214 e. The standard InChI is InChI=1S/C13H12N4S/c14-11-7-18-13-15-12(16-17(11)13)10-5-4-8-2-1-3-9(8)6-10/h4-7H,1-3,14H2. The van der Waals surface area contributed by atoms with Crippen LogP contribution in [0.3, 0.4) is 0 Å². The van der Waals surface area contributed by atoms with Gasteiger partial charge in [-0.2, -0.15) is 9.50 Å². The molecule has 4 rings (SSSR count). The third kappa shape index (κ3) is 1.37. The van der Waals surface area contributed by atoms with E-state index in [1.54, 1.807) is 4.52 Å². The van der Waals surface area contributed by atoms with Crippen LogP contribution < -0.4 is 5.73 Å². The Bertz CT molecular complexity index is 741. The van der Waals surface area contributed by atoms with Crippen molar-refractivity contribution in [1.29, 1.82) is 0 Å². The van der Waals surface area contributed by atoms with E-state index < -0.39 is 0 Å². The zero-order valence-corrected chi connectivity index (χ0v) is 10.6. The van der Waals surface area contributed by atoms with Crippen molar-refractivity contribution in [2.45, 2.75) is 19.3 Å². The smallest absolute Gasteiger partial charge is 0.214 e. The highest BCUT2D eigenvalue weighted by Gasteiger charge is 2.14. The quantitative estimate of drug-likeness (QED) is 0.728. The maximum absolute atomic E-state index is 5.83. The summed E-state index contributed by atoms with van der Waals surface area (Å²) in [5, 5.41) is 6.32. The van der Waals surface area contributed by atoms with E-state index in [0.717, 1.165) is 16.3 Å². The fourth-order valence-electron chi connectivity index (χ4n) is 2.54. The lowest BCUT2D eigenvalue weighted by atomic mass is 10.1. The van der Waals surface area contributed by atoms with Gasteiger partial charge < -0.3 is 5.73 Å². The van der Waals surface area contributed by atoms with Crippen molar-refractivity contribution in [2.75, 3.05) is 5.73 Å². The van der Waals surface area contributed by atoms with Gasteiger partial charge in [-0.05, 0) is 36.5 Å². The Labute approximate surface area is 108 Å². The first-order valence-electron chi connectivity index (χ1n) is 6.03. The number of aryl methyl sites for hydroxylation is 2. The van der Waals surface area contributed by atoms with Crippen molar-refractivity contribution in [2.24, 2.45) is 0 Å². The Balaban J connectivity index is 1.86. The molecule has 2 aromatic heterocycles. The zero-order valence-electron chi connectivity index (χ0n) is 9.76. The summed E-state index contributed by atoms with van der Waals surface area (Å²) >= 11 is 1.52. The molecule has 0 aliphatic heterocycles. The lowest BCUT2D eigenvalue weighted by molar-refractivity contribution is 0.912. The first-order chi connectivity index (χ1) is 8.81. The molecule has 0 radical (unpaired) electrons. The number of nitrogens with two attached hydrogens (primary N) is 1. The minimum atomic E-state index is 0.648. The summed E-state index contributed by atoms with van der Waals surface area (Å²) in [5.41, 5.74) is 9.83. The molecule has 18 heavy (non-hydrogen) atoms. The first-order valence-corrected chi connectivity index (χ1v) is 6.91. The van der Waals surface area contributed by atoms with Gasteiger partial charge in [0.25, 0.3) is 0 Å². The highest BCUT2D eigenvalue weighted by molar-refractivity contribution is 7.15. The molecule has 1 aromatic carbocycles. The molecular weight excluding hydrogens is 244 g/mol. The van der Waals surface area contributed by atoms with E-state index in [1.165, 1.54) is 41.7 Å². The number of fused-ring (bicyclic) bond motifs is 2. The molecule has 4 nitrogen and oxygen atoms in total. The van der Waals surface area contributed by atoms with Gasteiger partial charge in [0.15, 0.2) is 5.82 Å². The van der Waals surface area contributed by atoms with Crippen LogP contribution in [0.25, 0.3) is 16.3 Å². The minimum absolute atomic E-state index is 0.648. The molecule has 0 saturated carbocycles. The van der Waals surface area contributed by atoms with E-state index in [-0.39, 0.29) is 0 Å². The third-order valence-electron chi connectivity index (χ3n) is 3.46. The van der Waals surface area contributed by atoms with Crippen LogP contribution in [-0.4, -0.2) is 14.6 Å². The van der Waals surface area contributed by atoms with Crippen molar-refractivity contribution in [1.82, 2.24) is 14.6 Å². The molecule has 1 aliphatic rings. The lowest BCUT2D eigenvalue weighted by Crippen LogP contribution is -1.93. The molecule has 2 N–H and O–H groups in total. The summed E-state index contributed by atoms with van der Waals surface area (Å²) in [4.78, 5) is 5.37. The number of benzene rings is 1.